The van der Waals surface area contributed by atoms with Crippen LogP contribution in [-0.4, -0.2) is 41.9 Å². The molecule has 0 bridgehead atoms. The summed E-state index contributed by atoms with van der Waals surface area (Å²) < 4.78 is 35.6. The molecule has 1 heterocycles. The first-order valence-corrected chi connectivity index (χ1v) is 5.35. The molecule has 0 aliphatic carbocycles. The molecule has 15 heavy (non-hydrogen) atoms. The molecule has 0 aromatic carbocycles. The number of likely N-dealkylation sites (tertiary alicyclic amines) is 1. The topological polar surface area (TPSA) is 23.5 Å². The lowest BCUT2D eigenvalue weighted by molar-refractivity contribution is -0.136. The second kappa shape index (κ2) is 5.16. The number of halogens is 3. The smallest absolute Gasteiger partial charge is 0.389 e. The fourth-order valence-electron chi connectivity index (χ4n) is 1.96. The minimum Gasteiger partial charge on any atom is -0.393 e. The molecule has 1 aliphatic heterocycles. The van der Waals surface area contributed by atoms with Gasteiger partial charge in [-0.25, -0.2) is 0 Å². The molecule has 0 saturated carbocycles. The van der Waals surface area contributed by atoms with Crippen LogP contribution >= 0.6 is 0 Å². The van der Waals surface area contributed by atoms with Crippen LogP contribution in [0.25, 0.3) is 0 Å². The van der Waals surface area contributed by atoms with E-state index in [9.17, 15) is 18.3 Å². The largest absolute Gasteiger partial charge is 0.393 e. The average Bonchev–Trinajstić information content (AvgIpc) is 2.50. The van der Waals surface area contributed by atoms with E-state index in [-0.39, 0.29) is 18.4 Å². The summed E-state index contributed by atoms with van der Waals surface area (Å²) in [6.45, 7) is 3.77. The molecule has 1 N–H and O–H groups in total. The number of hydrogen-bond donors (Lipinski definition) is 1. The van der Waals surface area contributed by atoms with Crippen LogP contribution in [0.5, 0.6) is 0 Å². The van der Waals surface area contributed by atoms with Gasteiger partial charge in [-0.15, -0.1) is 0 Å². The summed E-state index contributed by atoms with van der Waals surface area (Å²) in [4.78, 5) is 2.00. The lowest BCUT2D eigenvalue weighted by Crippen LogP contribution is -2.26. The highest BCUT2D eigenvalue weighted by Crippen LogP contribution is 2.23. The Hall–Kier alpha value is -0.290. The van der Waals surface area contributed by atoms with Crippen LogP contribution in [0, 0.1) is 5.92 Å². The predicted molar refractivity (Wildman–Crippen MR) is 51.5 cm³/mol. The second-order valence-corrected chi connectivity index (χ2v) is 4.31. The van der Waals surface area contributed by atoms with Crippen molar-refractivity contribution >= 4 is 0 Å². The maximum Gasteiger partial charge on any atom is 0.389 e. The highest BCUT2D eigenvalue weighted by molar-refractivity contribution is 4.78. The van der Waals surface area contributed by atoms with Crippen LogP contribution < -0.4 is 0 Å². The van der Waals surface area contributed by atoms with E-state index in [1.54, 1.807) is 6.92 Å². The van der Waals surface area contributed by atoms with Crippen molar-refractivity contribution in [2.24, 2.45) is 5.92 Å². The van der Waals surface area contributed by atoms with Crippen molar-refractivity contribution < 1.29 is 18.3 Å². The first kappa shape index (κ1) is 12.8. The maximum atomic E-state index is 11.9. The van der Waals surface area contributed by atoms with Gasteiger partial charge in [-0.1, -0.05) is 0 Å². The van der Waals surface area contributed by atoms with Crippen LogP contribution in [0.4, 0.5) is 13.2 Å². The van der Waals surface area contributed by atoms with E-state index >= 15 is 0 Å². The van der Waals surface area contributed by atoms with Gasteiger partial charge in [-0.2, -0.15) is 13.2 Å². The van der Waals surface area contributed by atoms with Crippen LogP contribution in [0.3, 0.4) is 0 Å². The summed E-state index contributed by atoms with van der Waals surface area (Å²) in [7, 11) is 0. The minimum atomic E-state index is -4.04. The van der Waals surface area contributed by atoms with Crippen molar-refractivity contribution in [1.82, 2.24) is 4.90 Å². The minimum absolute atomic E-state index is 0.163. The van der Waals surface area contributed by atoms with E-state index in [0.29, 0.717) is 6.54 Å². The summed E-state index contributed by atoms with van der Waals surface area (Å²) in [6, 6.07) is 0. The molecule has 5 heteroatoms. The summed E-state index contributed by atoms with van der Waals surface area (Å²) in [6.07, 6.45) is -4.04. The van der Waals surface area contributed by atoms with E-state index in [4.69, 9.17) is 0 Å². The van der Waals surface area contributed by atoms with Gasteiger partial charge in [0.2, 0.25) is 0 Å². The molecular formula is C10H18F3NO. The molecule has 1 saturated heterocycles. The third kappa shape index (κ3) is 4.84. The van der Waals surface area contributed by atoms with Gasteiger partial charge in [-0.3, -0.25) is 0 Å². The van der Waals surface area contributed by atoms with Crippen molar-refractivity contribution in [3.63, 3.8) is 0 Å². The van der Waals surface area contributed by atoms with Gasteiger partial charge in [0, 0.05) is 13.0 Å². The molecule has 0 radical (unpaired) electrons. The molecule has 2 atom stereocenters. The zero-order valence-corrected chi connectivity index (χ0v) is 8.93. The zero-order chi connectivity index (χ0) is 11.5. The monoisotopic (exact) mass is 225 g/mol. The summed E-state index contributed by atoms with van der Waals surface area (Å²) >= 11 is 0. The number of nitrogens with zero attached hydrogens (tertiary/aromatic N) is 1. The van der Waals surface area contributed by atoms with Gasteiger partial charge >= 0.3 is 6.18 Å². The van der Waals surface area contributed by atoms with Gasteiger partial charge in [0.15, 0.2) is 0 Å². The molecule has 2 unspecified atom stereocenters. The third-order valence-corrected chi connectivity index (χ3v) is 2.93. The molecule has 90 valence electrons. The summed E-state index contributed by atoms with van der Waals surface area (Å²) in [5.41, 5.74) is 0. The van der Waals surface area contributed by atoms with Crippen LogP contribution in [0.2, 0.25) is 0 Å². The number of aliphatic hydroxyl groups excluding tert-OH is 1. The van der Waals surface area contributed by atoms with E-state index in [2.05, 4.69) is 0 Å². The quantitative estimate of drug-likeness (QED) is 0.791. The molecule has 0 aromatic rings. The normalized spacial score (nSPS) is 25.8. The lowest BCUT2D eigenvalue weighted by Gasteiger charge is -2.17. The molecule has 1 fully saturated rings. The molecule has 0 spiro atoms. The second-order valence-electron chi connectivity index (χ2n) is 4.31. The number of rotatable bonds is 4. The Morgan fingerprint density at radius 2 is 2.13 bits per heavy atom. The highest BCUT2D eigenvalue weighted by atomic mass is 19.4. The van der Waals surface area contributed by atoms with E-state index in [1.807, 2.05) is 4.90 Å². The van der Waals surface area contributed by atoms with E-state index < -0.39 is 12.6 Å². The SMILES string of the molecule is CC(O)C1CCN(CCCC(F)(F)F)C1. The Morgan fingerprint density at radius 3 is 2.60 bits per heavy atom. The Labute approximate surface area is 88.1 Å². The fraction of sp³-hybridized carbons (Fsp3) is 1.00. The van der Waals surface area contributed by atoms with Gasteiger partial charge in [0.25, 0.3) is 0 Å². The van der Waals surface area contributed by atoms with Crippen molar-refractivity contribution in [2.75, 3.05) is 19.6 Å². The number of alkyl halides is 3. The van der Waals surface area contributed by atoms with E-state index in [0.717, 1.165) is 19.5 Å². The number of aliphatic hydroxyl groups is 1. The standard InChI is InChI=1S/C10H18F3NO/c1-8(15)9-3-6-14(7-9)5-2-4-10(11,12)13/h8-9,15H,2-7H2,1H3. The van der Waals surface area contributed by atoms with Gasteiger partial charge in [0.05, 0.1) is 6.10 Å². The Kier molecular flexibility index (Phi) is 4.40. The molecular weight excluding hydrogens is 207 g/mol. The molecule has 0 amide bonds. The number of hydrogen-bond acceptors (Lipinski definition) is 2. The Balaban J connectivity index is 2.14. The van der Waals surface area contributed by atoms with Crippen molar-refractivity contribution in [3.05, 3.63) is 0 Å². The van der Waals surface area contributed by atoms with Crippen LogP contribution in [0.1, 0.15) is 26.2 Å². The summed E-state index contributed by atoms with van der Waals surface area (Å²) in [5, 5.41) is 9.32. The van der Waals surface area contributed by atoms with Crippen LogP contribution in [-0.2, 0) is 0 Å². The van der Waals surface area contributed by atoms with Crippen molar-refractivity contribution in [3.8, 4) is 0 Å². The Bertz CT molecular complexity index is 194. The van der Waals surface area contributed by atoms with Crippen molar-refractivity contribution in [1.29, 1.82) is 0 Å². The van der Waals surface area contributed by atoms with Crippen molar-refractivity contribution in [2.45, 2.75) is 38.5 Å². The lowest BCUT2D eigenvalue weighted by atomic mass is 10.0. The first-order valence-electron chi connectivity index (χ1n) is 5.35. The Morgan fingerprint density at radius 1 is 1.47 bits per heavy atom. The predicted octanol–water partition coefficient (Wildman–Crippen LogP) is 2.03. The fourth-order valence-corrected chi connectivity index (χ4v) is 1.96. The summed E-state index contributed by atoms with van der Waals surface area (Å²) in [5.74, 6) is 0.232. The zero-order valence-electron chi connectivity index (χ0n) is 8.93. The van der Waals surface area contributed by atoms with Crippen LogP contribution in [0.15, 0.2) is 0 Å². The highest BCUT2D eigenvalue weighted by Gasteiger charge is 2.29. The maximum absolute atomic E-state index is 11.9. The first-order chi connectivity index (χ1) is 6.88. The molecule has 0 aromatic heterocycles. The molecule has 2 nitrogen and oxygen atoms in total. The molecule has 1 rings (SSSR count). The third-order valence-electron chi connectivity index (χ3n) is 2.93. The van der Waals surface area contributed by atoms with E-state index in [1.165, 1.54) is 0 Å². The van der Waals surface area contributed by atoms with Gasteiger partial charge in [0.1, 0.15) is 0 Å². The molecule has 1 aliphatic rings. The van der Waals surface area contributed by atoms with Gasteiger partial charge < -0.3 is 10.0 Å². The van der Waals surface area contributed by atoms with Gasteiger partial charge in [-0.05, 0) is 38.8 Å². The average molecular weight is 225 g/mol.